The van der Waals surface area contributed by atoms with Crippen molar-refractivity contribution in [2.24, 2.45) is 0 Å². The summed E-state index contributed by atoms with van der Waals surface area (Å²) in [6.45, 7) is 0.550. The second-order valence-electron chi connectivity index (χ2n) is 7.90. The van der Waals surface area contributed by atoms with Crippen molar-refractivity contribution in [2.45, 2.75) is 19.8 Å². The molecule has 0 spiro atoms. The molecule has 5 aromatic rings. The Morgan fingerprint density at radius 1 is 0.971 bits per heavy atom. The van der Waals surface area contributed by atoms with Crippen LogP contribution in [0.3, 0.4) is 0 Å². The predicted octanol–water partition coefficient (Wildman–Crippen LogP) is 3.04. The molecule has 0 unspecified atom stereocenters. The maximum atomic E-state index is 13.6. The number of para-hydroxylation sites is 2. The highest BCUT2D eigenvalue weighted by atomic mass is 16.5. The lowest BCUT2D eigenvalue weighted by atomic mass is 10.2. The second-order valence-corrected chi connectivity index (χ2v) is 7.90. The first kappa shape index (κ1) is 22.3. The number of pyridine rings is 1. The van der Waals surface area contributed by atoms with Gasteiger partial charge in [-0.25, -0.2) is 4.68 Å². The Bertz CT molecular complexity index is 1570. The Hall–Kier alpha value is -4.50. The van der Waals surface area contributed by atoms with Crippen molar-refractivity contribution in [3.05, 3.63) is 117 Å². The van der Waals surface area contributed by atoms with Gasteiger partial charge in [-0.05, 0) is 17.7 Å². The largest absolute Gasteiger partial charge is 0.494 e. The Morgan fingerprint density at radius 2 is 1.77 bits per heavy atom. The molecule has 0 fully saturated rings. The summed E-state index contributed by atoms with van der Waals surface area (Å²) in [6, 6.07) is 18.3. The van der Waals surface area contributed by atoms with Crippen LogP contribution >= 0.6 is 0 Å². The molecule has 0 bridgehead atoms. The van der Waals surface area contributed by atoms with E-state index in [2.05, 4.69) is 15.1 Å². The number of aromatic nitrogens is 5. The van der Waals surface area contributed by atoms with Crippen LogP contribution in [0, 0.1) is 0 Å². The summed E-state index contributed by atoms with van der Waals surface area (Å²) in [5, 5.41) is 3.43. The van der Waals surface area contributed by atoms with E-state index in [4.69, 9.17) is 9.47 Å². The lowest BCUT2D eigenvalue weighted by Gasteiger charge is -2.13. The van der Waals surface area contributed by atoms with Crippen molar-refractivity contribution >= 4 is 10.9 Å². The summed E-state index contributed by atoms with van der Waals surface area (Å²) >= 11 is 0. The van der Waals surface area contributed by atoms with Gasteiger partial charge in [0, 0.05) is 18.5 Å². The summed E-state index contributed by atoms with van der Waals surface area (Å²) in [6.07, 6.45) is 4.72. The molecule has 5 rings (SSSR count). The number of ether oxygens (including phenoxy) is 2. The van der Waals surface area contributed by atoms with Crippen molar-refractivity contribution in [2.75, 3.05) is 7.11 Å². The summed E-state index contributed by atoms with van der Waals surface area (Å²) in [5.74, 6) is 0.526. The summed E-state index contributed by atoms with van der Waals surface area (Å²) in [4.78, 5) is 35.2. The molecule has 9 nitrogen and oxygen atoms in total. The molecule has 0 saturated carbocycles. The topological polar surface area (TPSA) is 104 Å². The molecule has 0 aliphatic carbocycles. The van der Waals surface area contributed by atoms with Gasteiger partial charge >= 0.3 is 0 Å². The van der Waals surface area contributed by atoms with Gasteiger partial charge in [0.05, 0.1) is 55.4 Å². The molecular weight excluding hydrogens is 446 g/mol. The molecule has 0 aliphatic heterocycles. The van der Waals surface area contributed by atoms with Crippen molar-refractivity contribution in [3.8, 4) is 11.4 Å². The molecule has 1 N–H and O–H groups in total. The van der Waals surface area contributed by atoms with Gasteiger partial charge in [-0.2, -0.15) is 0 Å². The number of hydrogen-bond donors (Lipinski definition) is 1. The SMILES string of the molecule is COc1ccccc1-n1[nH]c2cc(=O)n(Cc3cnccn3)c(COCc3ccccc3)c2c1=O. The number of H-pyrrole nitrogens is 1. The van der Waals surface area contributed by atoms with E-state index in [1.165, 1.54) is 15.3 Å². The normalized spacial score (nSPS) is 11.1. The summed E-state index contributed by atoms with van der Waals surface area (Å²) in [5.41, 5.74) is 2.41. The first-order chi connectivity index (χ1) is 17.2. The molecule has 2 aromatic carbocycles. The fourth-order valence-electron chi connectivity index (χ4n) is 4.03. The second kappa shape index (κ2) is 9.78. The van der Waals surface area contributed by atoms with E-state index < -0.39 is 0 Å². The Kier molecular flexibility index (Phi) is 6.23. The van der Waals surface area contributed by atoms with E-state index in [0.717, 1.165) is 5.56 Å². The van der Waals surface area contributed by atoms with Gasteiger partial charge in [0.2, 0.25) is 0 Å². The molecule has 9 heteroatoms. The van der Waals surface area contributed by atoms with E-state index in [0.29, 0.717) is 40.3 Å². The van der Waals surface area contributed by atoms with Gasteiger partial charge in [0.1, 0.15) is 11.4 Å². The molecule has 0 radical (unpaired) electrons. The number of methoxy groups -OCH3 is 1. The zero-order valence-electron chi connectivity index (χ0n) is 19.0. The number of nitrogens with one attached hydrogen (secondary N) is 1. The zero-order valence-corrected chi connectivity index (χ0v) is 19.0. The first-order valence-electron chi connectivity index (χ1n) is 11.0. The number of hydrogen-bond acceptors (Lipinski definition) is 6. The first-order valence-corrected chi connectivity index (χ1v) is 11.0. The molecule has 3 heterocycles. The van der Waals surface area contributed by atoms with Crippen LogP contribution in [0.4, 0.5) is 0 Å². The molecule has 176 valence electrons. The van der Waals surface area contributed by atoms with Crippen LogP contribution in [0.25, 0.3) is 16.6 Å². The fraction of sp³-hybridized carbons (Fsp3) is 0.154. The Morgan fingerprint density at radius 3 is 2.54 bits per heavy atom. The van der Waals surface area contributed by atoms with Crippen LogP contribution in [-0.2, 0) is 24.5 Å². The van der Waals surface area contributed by atoms with Crippen LogP contribution in [-0.4, -0.2) is 31.4 Å². The monoisotopic (exact) mass is 469 g/mol. The van der Waals surface area contributed by atoms with E-state index in [-0.39, 0.29) is 24.3 Å². The number of nitrogens with zero attached hydrogens (tertiary/aromatic N) is 4. The fourth-order valence-corrected chi connectivity index (χ4v) is 4.03. The van der Waals surface area contributed by atoms with E-state index in [9.17, 15) is 9.59 Å². The van der Waals surface area contributed by atoms with Crippen LogP contribution < -0.4 is 15.9 Å². The van der Waals surface area contributed by atoms with Gasteiger partial charge in [-0.3, -0.25) is 24.7 Å². The highest BCUT2D eigenvalue weighted by Gasteiger charge is 2.20. The van der Waals surface area contributed by atoms with Crippen LogP contribution in [0.1, 0.15) is 17.0 Å². The number of benzene rings is 2. The predicted molar refractivity (Wildman–Crippen MR) is 131 cm³/mol. The van der Waals surface area contributed by atoms with Crippen LogP contribution in [0.2, 0.25) is 0 Å². The lowest BCUT2D eigenvalue weighted by molar-refractivity contribution is 0.103. The van der Waals surface area contributed by atoms with Crippen LogP contribution in [0.5, 0.6) is 5.75 Å². The number of rotatable bonds is 8. The maximum Gasteiger partial charge on any atom is 0.281 e. The third-order valence-corrected chi connectivity index (χ3v) is 5.68. The average Bonchev–Trinajstić information content (AvgIpc) is 3.22. The maximum absolute atomic E-state index is 13.6. The average molecular weight is 470 g/mol. The van der Waals surface area contributed by atoms with E-state index in [1.807, 2.05) is 42.5 Å². The number of aromatic amines is 1. The van der Waals surface area contributed by atoms with Crippen molar-refractivity contribution in [1.82, 2.24) is 24.3 Å². The third-order valence-electron chi connectivity index (χ3n) is 5.68. The quantitative estimate of drug-likeness (QED) is 0.375. The molecule has 35 heavy (non-hydrogen) atoms. The van der Waals surface area contributed by atoms with E-state index >= 15 is 0 Å². The standard InChI is InChI=1S/C26H23N5O4/c1-34-23-10-6-5-9-21(23)31-26(33)25-20(29-31)13-24(32)30(15-19-14-27-11-12-28-19)22(25)17-35-16-18-7-3-2-4-8-18/h2-14,29H,15-17H2,1H3. The van der Waals surface area contributed by atoms with Gasteiger partial charge in [-0.1, -0.05) is 42.5 Å². The molecule has 0 amide bonds. The summed E-state index contributed by atoms with van der Waals surface area (Å²) in [7, 11) is 1.54. The van der Waals surface area contributed by atoms with Crippen molar-refractivity contribution in [1.29, 1.82) is 0 Å². The Balaban J connectivity index is 1.64. The molecule has 0 aliphatic rings. The zero-order chi connectivity index (χ0) is 24.2. The minimum Gasteiger partial charge on any atom is -0.494 e. The van der Waals surface area contributed by atoms with Gasteiger partial charge in [0.15, 0.2) is 0 Å². The minimum atomic E-state index is -0.310. The molecule has 0 saturated heterocycles. The highest BCUT2D eigenvalue weighted by molar-refractivity contribution is 5.81. The smallest absolute Gasteiger partial charge is 0.281 e. The Labute approximate surface area is 200 Å². The van der Waals surface area contributed by atoms with Gasteiger partial charge in [-0.15, -0.1) is 0 Å². The highest BCUT2D eigenvalue weighted by Crippen LogP contribution is 2.22. The lowest BCUT2D eigenvalue weighted by Crippen LogP contribution is -2.26. The summed E-state index contributed by atoms with van der Waals surface area (Å²) < 4.78 is 14.3. The molecular formula is C26H23N5O4. The van der Waals surface area contributed by atoms with Crippen molar-refractivity contribution in [3.63, 3.8) is 0 Å². The molecule has 0 atom stereocenters. The third kappa shape index (κ3) is 4.49. The minimum absolute atomic E-state index is 0.0563. The number of fused-ring (bicyclic) bond motifs is 1. The molecule has 3 aromatic heterocycles. The van der Waals surface area contributed by atoms with Gasteiger partial charge in [0.25, 0.3) is 11.1 Å². The van der Waals surface area contributed by atoms with E-state index in [1.54, 1.807) is 37.8 Å². The van der Waals surface area contributed by atoms with Gasteiger partial charge < -0.3 is 14.0 Å². The van der Waals surface area contributed by atoms with Crippen LogP contribution in [0.15, 0.2) is 88.8 Å². The van der Waals surface area contributed by atoms with Crippen molar-refractivity contribution < 1.29 is 9.47 Å².